The van der Waals surface area contributed by atoms with Gasteiger partial charge in [-0.2, -0.15) is 0 Å². The average Bonchev–Trinajstić information content (AvgIpc) is 2.50. The number of rotatable bonds is 4. The van der Waals surface area contributed by atoms with Crippen LogP contribution >= 0.6 is 11.6 Å². The molecule has 3 rings (SSSR count). The summed E-state index contributed by atoms with van der Waals surface area (Å²) in [5.74, 6) is 1.41. The standard InChI is InChI=1S/C17H15ClN2O2/c1-19-10-12-2-4-13(18)9-16(12)22-14-5-6-15-11(8-14)3-7-17(21)20-15/h2-9,19H,10H2,1H3,(H,20,21). The molecule has 0 amide bonds. The van der Waals surface area contributed by atoms with Crippen molar-refractivity contribution in [2.75, 3.05) is 7.05 Å². The van der Waals surface area contributed by atoms with Gasteiger partial charge in [-0.05, 0) is 43.4 Å². The molecule has 0 unspecified atom stereocenters. The van der Waals surface area contributed by atoms with Gasteiger partial charge in [0.05, 0.1) is 0 Å². The summed E-state index contributed by atoms with van der Waals surface area (Å²) >= 11 is 6.06. The zero-order valence-electron chi connectivity index (χ0n) is 12.0. The van der Waals surface area contributed by atoms with Crippen LogP contribution in [-0.4, -0.2) is 12.0 Å². The Labute approximate surface area is 132 Å². The molecule has 0 atom stereocenters. The second-order valence-electron chi connectivity index (χ2n) is 4.96. The molecule has 2 aromatic carbocycles. The number of halogens is 1. The van der Waals surface area contributed by atoms with Crippen molar-refractivity contribution in [1.82, 2.24) is 10.3 Å². The van der Waals surface area contributed by atoms with Crippen LogP contribution in [0.25, 0.3) is 10.9 Å². The van der Waals surface area contributed by atoms with Gasteiger partial charge in [0.25, 0.3) is 0 Å². The van der Waals surface area contributed by atoms with Crippen molar-refractivity contribution in [2.24, 2.45) is 0 Å². The number of benzene rings is 2. The molecule has 0 saturated heterocycles. The lowest BCUT2D eigenvalue weighted by atomic mass is 10.2. The largest absolute Gasteiger partial charge is 0.457 e. The third-order valence-electron chi connectivity index (χ3n) is 3.32. The maximum Gasteiger partial charge on any atom is 0.248 e. The van der Waals surface area contributed by atoms with Crippen LogP contribution < -0.4 is 15.6 Å². The summed E-state index contributed by atoms with van der Waals surface area (Å²) in [7, 11) is 1.88. The van der Waals surface area contributed by atoms with Crippen LogP contribution in [0.15, 0.2) is 53.3 Å². The van der Waals surface area contributed by atoms with E-state index in [0.29, 0.717) is 23.1 Å². The highest BCUT2D eigenvalue weighted by Crippen LogP contribution is 2.29. The molecule has 1 aromatic heterocycles. The molecule has 0 aliphatic carbocycles. The lowest BCUT2D eigenvalue weighted by Gasteiger charge is -2.12. The molecule has 112 valence electrons. The Balaban J connectivity index is 1.97. The molecule has 0 bridgehead atoms. The van der Waals surface area contributed by atoms with Gasteiger partial charge >= 0.3 is 0 Å². The number of nitrogens with one attached hydrogen (secondary N) is 2. The summed E-state index contributed by atoms with van der Waals surface area (Å²) in [4.78, 5) is 14.1. The third kappa shape index (κ3) is 3.13. The molecule has 0 aliphatic rings. The van der Waals surface area contributed by atoms with Crippen molar-refractivity contribution in [3.05, 3.63) is 69.5 Å². The van der Waals surface area contributed by atoms with Crippen molar-refractivity contribution in [3.63, 3.8) is 0 Å². The number of pyridine rings is 1. The minimum absolute atomic E-state index is 0.118. The molecule has 3 aromatic rings. The molecule has 22 heavy (non-hydrogen) atoms. The number of hydrogen-bond donors (Lipinski definition) is 2. The van der Waals surface area contributed by atoms with Crippen LogP contribution in [0.3, 0.4) is 0 Å². The van der Waals surface area contributed by atoms with Crippen molar-refractivity contribution in [1.29, 1.82) is 0 Å². The number of aromatic nitrogens is 1. The predicted molar refractivity (Wildman–Crippen MR) is 88.9 cm³/mol. The van der Waals surface area contributed by atoms with Gasteiger partial charge in [0, 0.05) is 34.1 Å². The third-order valence-corrected chi connectivity index (χ3v) is 3.55. The maximum absolute atomic E-state index is 11.3. The van der Waals surface area contributed by atoms with E-state index in [1.807, 2.05) is 37.4 Å². The molecule has 1 heterocycles. The summed E-state index contributed by atoms with van der Waals surface area (Å²) < 4.78 is 5.96. The van der Waals surface area contributed by atoms with E-state index in [9.17, 15) is 4.79 Å². The predicted octanol–water partition coefficient (Wildman–Crippen LogP) is 3.69. The molecule has 0 saturated carbocycles. The van der Waals surface area contributed by atoms with Crippen LogP contribution in [-0.2, 0) is 6.54 Å². The fourth-order valence-corrected chi connectivity index (χ4v) is 2.44. The quantitative estimate of drug-likeness (QED) is 0.772. The SMILES string of the molecule is CNCc1ccc(Cl)cc1Oc1ccc2[nH]c(=O)ccc2c1. The van der Waals surface area contributed by atoms with Crippen LogP contribution in [0, 0.1) is 0 Å². The van der Waals surface area contributed by atoms with E-state index in [4.69, 9.17) is 16.3 Å². The molecule has 2 N–H and O–H groups in total. The van der Waals surface area contributed by atoms with Crippen LogP contribution in [0.1, 0.15) is 5.56 Å². The van der Waals surface area contributed by atoms with E-state index in [1.165, 1.54) is 6.07 Å². The highest BCUT2D eigenvalue weighted by molar-refractivity contribution is 6.30. The second-order valence-corrected chi connectivity index (χ2v) is 5.39. The summed E-state index contributed by atoms with van der Waals surface area (Å²) in [6.45, 7) is 0.688. The van der Waals surface area contributed by atoms with Gasteiger partial charge < -0.3 is 15.0 Å². The molecular weight excluding hydrogens is 300 g/mol. The van der Waals surface area contributed by atoms with Gasteiger partial charge in [0.15, 0.2) is 0 Å². The number of fused-ring (bicyclic) bond motifs is 1. The normalized spacial score (nSPS) is 10.8. The first-order chi connectivity index (χ1) is 10.7. The second kappa shape index (κ2) is 6.22. The topological polar surface area (TPSA) is 54.1 Å². The first-order valence-electron chi connectivity index (χ1n) is 6.90. The summed E-state index contributed by atoms with van der Waals surface area (Å²) in [5.41, 5.74) is 1.68. The molecule has 0 aliphatic heterocycles. The summed E-state index contributed by atoms with van der Waals surface area (Å²) in [6.07, 6.45) is 0. The molecule has 0 radical (unpaired) electrons. The first-order valence-corrected chi connectivity index (χ1v) is 7.27. The first kappa shape index (κ1) is 14.6. The lowest BCUT2D eigenvalue weighted by molar-refractivity contribution is 0.475. The fourth-order valence-electron chi connectivity index (χ4n) is 2.28. The Bertz CT molecular complexity index is 874. The monoisotopic (exact) mass is 314 g/mol. The highest BCUT2D eigenvalue weighted by Gasteiger charge is 2.06. The molecular formula is C17H15ClN2O2. The minimum atomic E-state index is -0.118. The Morgan fingerprint density at radius 2 is 2.00 bits per heavy atom. The number of aromatic amines is 1. The van der Waals surface area contributed by atoms with Gasteiger partial charge in [-0.15, -0.1) is 0 Å². The number of ether oxygens (including phenoxy) is 1. The average molecular weight is 315 g/mol. The zero-order valence-corrected chi connectivity index (χ0v) is 12.8. The zero-order chi connectivity index (χ0) is 15.5. The van der Waals surface area contributed by atoms with E-state index < -0.39 is 0 Å². The van der Waals surface area contributed by atoms with Gasteiger partial charge in [-0.1, -0.05) is 17.7 Å². The Kier molecular flexibility index (Phi) is 4.13. The van der Waals surface area contributed by atoms with Crippen LogP contribution in [0.4, 0.5) is 0 Å². The smallest absolute Gasteiger partial charge is 0.248 e. The Morgan fingerprint density at radius 1 is 1.14 bits per heavy atom. The van der Waals surface area contributed by atoms with Crippen LogP contribution in [0.5, 0.6) is 11.5 Å². The molecule has 5 heteroatoms. The Hall–Kier alpha value is -2.30. The molecule has 4 nitrogen and oxygen atoms in total. The van der Waals surface area contributed by atoms with E-state index in [0.717, 1.165) is 16.5 Å². The molecule has 0 fully saturated rings. The van der Waals surface area contributed by atoms with Crippen molar-refractivity contribution >= 4 is 22.5 Å². The minimum Gasteiger partial charge on any atom is -0.457 e. The van der Waals surface area contributed by atoms with E-state index >= 15 is 0 Å². The van der Waals surface area contributed by atoms with E-state index in [1.54, 1.807) is 12.1 Å². The Morgan fingerprint density at radius 3 is 2.82 bits per heavy atom. The number of hydrogen-bond acceptors (Lipinski definition) is 3. The van der Waals surface area contributed by atoms with Crippen molar-refractivity contribution < 1.29 is 4.74 Å². The van der Waals surface area contributed by atoms with Gasteiger partial charge in [0.2, 0.25) is 5.56 Å². The van der Waals surface area contributed by atoms with E-state index in [2.05, 4.69) is 10.3 Å². The summed E-state index contributed by atoms with van der Waals surface area (Å²) in [5, 5.41) is 4.64. The van der Waals surface area contributed by atoms with Gasteiger partial charge in [0.1, 0.15) is 11.5 Å². The van der Waals surface area contributed by atoms with Crippen molar-refractivity contribution in [3.8, 4) is 11.5 Å². The summed E-state index contributed by atoms with van der Waals surface area (Å²) in [6, 6.07) is 14.4. The van der Waals surface area contributed by atoms with Gasteiger partial charge in [-0.25, -0.2) is 0 Å². The van der Waals surface area contributed by atoms with Crippen molar-refractivity contribution in [2.45, 2.75) is 6.54 Å². The fraction of sp³-hybridized carbons (Fsp3) is 0.118. The van der Waals surface area contributed by atoms with Crippen LogP contribution in [0.2, 0.25) is 5.02 Å². The maximum atomic E-state index is 11.3. The highest BCUT2D eigenvalue weighted by atomic mass is 35.5. The molecule has 0 spiro atoms. The lowest BCUT2D eigenvalue weighted by Crippen LogP contribution is -2.06. The van der Waals surface area contributed by atoms with E-state index in [-0.39, 0.29) is 5.56 Å². The number of H-pyrrole nitrogens is 1. The van der Waals surface area contributed by atoms with Gasteiger partial charge in [-0.3, -0.25) is 4.79 Å².